The molecule has 0 fully saturated rings. The second-order valence-corrected chi connectivity index (χ2v) is 4.41. The largest absolute Gasteiger partial charge is 0.393 e. The van der Waals surface area contributed by atoms with E-state index in [4.69, 9.17) is 5.11 Å². The predicted octanol–water partition coefficient (Wildman–Crippen LogP) is 1.85. The number of hydrogen-bond donors (Lipinski definition) is 3. The van der Waals surface area contributed by atoms with Crippen molar-refractivity contribution in [1.29, 1.82) is 0 Å². The molecule has 0 aromatic carbocycles. The molecule has 0 saturated heterocycles. The summed E-state index contributed by atoms with van der Waals surface area (Å²) in [6.07, 6.45) is 3.15. The van der Waals surface area contributed by atoms with Crippen LogP contribution in [-0.4, -0.2) is 34.8 Å². The summed E-state index contributed by atoms with van der Waals surface area (Å²) in [4.78, 5) is 8.33. The molecule has 0 saturated carbocycles. The maximum Gasteiger partial charge on any atom is 0.224 e. The Labute approximate surface area is 104 Å². The van der Waals surface area contributed by atoms with Crippen molar-refractivity contribution in [2.24, 2.45) is 0 Å². The molecule has 5 nitrogen and oxygen atoms in total. The Kier molecular flexibility index (Phi) is 5.48. The molecule has 1 aromatic rings. The fourth-order valence-electron chi connectivity index (χ4n) is 1.22. The lowest BCUT2D eigenvalue weighted by atomic mass is 10.2. The van der Waals surface area contributed by atoms with Crippen molar-refractivity contribution in [2.75, 3.05) is 24.2 Å². The molecule has 0 aliphatic carbocycles. The van der Waals surface area contributed by atoms with Crippen molar-refractivity contribution in [3.8, 4) is 0 Å². The van der Waals surface area contributed by atoms with E-state index < -0.39 is 0 Å². The normalized spacial score (nSPS) is 12.2. The van der Waals surface area contributed by atoms with Gasteiger partial charge in [-0.3, -0.25) is 0 Å². The van der Waals surface area contributed by atoms with Crippen LogP contribution in [0.2, 0.25) is 0 Å². The highest BCUT2D eigenvalue weighted by Gasteiger charge is 2.03. The van der Waals surface area contributed by atoms with E-state index in [0.717, 1.165) is 29.7 Å². The summed E-state index contributed by atoms with van der Waals surface area (Å²) in [6, 6.07) is 0. The molecule has 0 aliphatic heterocycles. The van der Waals surface area contributed by atoms with Gasteiger partial charge in [-0.05, 0) is 35.7 Å². The molecule has 1 atom stereocenters. The van der Waals surface area contributed by atoms with E-state index in [2.05, 4.69) is 36.5 Å². The lowest BCUT2D eigenvalue weighted by molar-refractivity contribution is 0.183. The van der Waals surface area contributed by atoms with Crippen molar-refractivity contribution < 1.29 is 5.11 Å². The minimum absolute atomic E-state index is 0.247. The first kappa shape index (κ1) is 13.2. The molecule has 0 aliphatic rings. The Morgan fingerprint density at radius 1 is 1.56 bits per heavy atom. The van der Waals surface area contributed by atoms with E-state index in [1.165, 1.54) is 0 Å². The molecule has 1 heterocycles. The molecule has 6 heteroatoms. The van der Waals surface area contributed by atoms with Crippen molar-refractivity contribution in [2.45, 2.75) is 25.9 Å². The smallest absolute Gasteiger partial charge is 0.224 e. The van der Waals surface area contributed by atoms with Crippen LogP contribution in [0.25, 0.3) is 0 Å². The Hall–Kier alpha value is -0.880. The number of halogens is 1. The molecule has 0 bridgehead atoms. The minimum Gasteiger partial charge on any atom is -0.393 e. The van der Waals surface area contributed by atoms with Crippen LogP contribution in [0.4, 0.5) is 11.8 Å². The van der Waals surface area contributed by atoms with E-state index in [1.54, 1.807) is 20.2 Å². The van der Waals surface area contributed by atoms with Gasteiger partial charge >= 0.3 is 0 Å². The molecule has 1 rings (SSSR count). The number of nitrogens with one attached hydrogen (secondary N) is 2. The van der Waals surface area contributed by atoms with Crippen molar-refractivity contribution in [1.82, 2.24) is 9.97 Å². The molecular formula is C10H17BrN4O. The van der Waals surface area contributed by atoms with Gasteiger partial charge in [0.2, 0.25) is 5.95 Å². The SMILES string of the molecule is CNc1ncc(Br)c(NCCCC(C)O)n1. The van der Waals surface area contributed by atoms with E-state index in [1.807, 2.05) is 0 Å². The third kappa shape index (κ3) is 4.32. The second-order valence-electron chi connectivity index (χ2n) is 3.56. The van der Waals surface area contributed by atoms with Gasteiger partial charge in [0, 0.05) is 19.8 Å². The number of nitrogens with zero attached hydrogens (tertiary/aromatic N) is 2. The number of aliphatic hydroxyl groups excluding tert-OH is 1. The molecule has 1 aromatic heterocycles. The van der Waals surface area contributed by atoms with Crippen LogP contribution in [0.3, 0.4) is 0 Å². The first-order valence-corrected chi connectivity index (χ1v) is 6.05. The molecule has 0 amide bonds. The van der Waals surface area contributed by atoms with Crippen LogP contribution in [0.1, 0.15) is 19.8 Å². The van der Waals surface area contributed by atoms with E-state index in [9.17, 15) is 0 Å². The summed E-state index contributed by atoms with van der Waals surface area (Å²) >= 11 is 3.38. The fourth-order valence-corrected chi connectivity index (χ4v) is 1.55. The summed E-state index contributed by atoms with van der Waals surface area (Å²) in [7, 11) is 1.78. The predicted molar refractivity (Wildman–Crippen MR) is 68.7 cm³/mol. The molecule has 1 unspecified atom stereocenters. The standard InChI is InChI=1S/C10H17BrN4O/c1-7(16)4-3-5-13-9-8(11)6-14-10(12-2)15-9/h6-7,16H,3-5H2,1-2H3,(H2,12,13,14,15). The lowest BCUT2D eigenvalue weighted by Crippen LogP contribution is -2.09. The van der Waals surface area contributed by atoms with Crippen LogP contribution >= 0.6 is 15.9 Å². The Morgan fingerprint density at radius 2 is 2.31 bits per heavy atom. The highest BCUT2D eigenvalue weighted by Crippen LogP contribution is 2.19. The summed E-state index contributed by atoms with van der Waals surface area (Å²) < 4.78 is 0.837. The minimum atomic E-state index is -0.247. The van der Waals surface area contributed by atoms with Gasteiger partial charge in [0.1, 0.15) is 5.82 Å². The average molecular weight is 289 g/mol. The van der Waals surface area contributed by atoms with Crippen molar-refractivity contribution in [3.63, 3.8) is 0 Å². The maximum absolute atomic E-state index is 9.11. The van der Waals surface area contributed by atoms with Gasteiger partial charge in [0.05, 0.1) is 10.6 Å². The van der Waals surface area contributed by atoms with Gasteiger partial charge < -0.3 is 15.7 Å². The van der Waals surface area contributed by atoms with Gasteiger partial charge in [0.15, 0.2) is 0 Å². The first-order chi connectivity index (χ1) is 7.63. The number of hydrogen-bond acceptors (Lipinski definition) is 5. The molecular weight excluding hydrogens is 272 g/mol. The van der Waals surface area contributed by atoms with Crippen LogP contribution in [0.5, 0.6) is 0 Å². The van der Waals surface area contributed by atoms with Crippen LogP contribution in [-0.2, 0) is 0 Å². The average Bonchev–Trinajstić information content (AvgIpc) is 2.26. The first-order valence-electron chi connectivity index (χ1n) is 5.25. The molecule has 0 spiro atoms. The van der Waals surface area contributed by atoms with E-state index in [0.29, 0.717) is 5.95 Å². The van der Waals surface area contributed by atoms with Crippen LogP contribution < -0.4 is 10.6 Å². The van der Waals surface area contributed by atoms with Crippen LogP contribution in [0, 0.1) is 0 Å². The quantitative estimate of drug-likeness (QED) is 0.697. The van der Waals surface area contributed by atoms with Gasteiger partial charge in [-0.25, -0.2) is 4.98 Å². The highest BCUT2D eigenvalue weighted by molar-refractivity contribution is 9.10. The Morgan fingerprint density at radius 3 is 2.94 bits per heavy atom. The van der Waals surface area contributed by atoms with E-state index in [-0.39, 0.29) is 6.10 Å². The molecule has 0 radical (unpaired) electrons. The van der Waals surface area contributed by atoms with Crippen molar-refractivity contribution in [3.05, 3.63) is 10.7 Å². The summed E-state index contributed by atoms with van der Waals surface area (Å²) in [5.74, 6) is 1.35. The third-order valence-electron chi connectivity index (χ3n) is 2.06. The highest BCUT2D eigenvalue weighted by atomic mass is 79.9. The Bertz CT molecular complexity index is 333. The van der Waals surface area contributed by atoms with Gasteiger partial charge in [-0.2, -0.15) is 4.98 Å². The number of aromatic nitrogens is 2. The fraction of sp³-hybridized carbons (Fsp3) is 0.600. The molecule has 3 N–H and O–H groups in total. The third-order valence-corrected chi connectivity index (χ3v) is 2.64. The summed E-state index contributed by atoms with van der Waals surface area (Å²) in [6.45, 7) is 2.57. The topological polar surface area (TPSA) is 70.1 Å². The van der Waals surface area contributed by atoms with Gasteiger partial charge in [-0.1, -0.05) is 0 Å². The maximum atomic E-state index is 9.11. The number of rotatable bonds is 6. The zero-order valence-electron chi connectivity index (χ0n) is 9.50. The molecule has 16 heavy (non-hydrogen) atoms. The second kappa shape index (κ2) is 6.65. The monoisotopic (exact) mass is 288 g/mol. The zero-order valence-corrected chi connectivity index (χ0v) is 11.1. The number of aliphatic hydroxyl groups is 1. The zero-order chi connectivity index (χ0) is 12.0. The summed E-state index contributed by atoms with van der Waals surface area (Å²) in [5, 5.41) is 15.2. The van der Waals surface area contributed by atoms with Crippen LogP contribution in [0.15, 0.2) is 10.7 Å². The molecule has 90 valence electrons. The lowest BCUT2D eigenvalue weighted by Gasteiger charge is -2.09. The Balaban J connectivity index is 2.46. The number of anilines is 2. The van der Waals surface area contributed by atoms with Crippen molar-refractivity contribution >= 4 is 27.7 Å². The summed E-state index contributed by atoms with van der Waals surface area (Å²) in [5.41, 5.74) is 0. The van der Waals surface area contributed by atoms with E-state index >= 15 is 0 Å². The van der Waals surface area contributed by atoms with Gasteiger partial charge in [-0.15, -0.1) is 0 Å². The van der Waals surface area contributed by atoms with Gasteiger partial charge in [0.25, 0.3) is 0 Å².